The van der Waals surface area contributed by atoms with Crippen molar-refractivity contribution >= 4 is 23.2 Å². The second kappa shape index (κ2) is 4.28. The molecule has 1 amide bonds. The van der Waals surface area contributed by atoms with Gasteiger partial charge in [0.1, 0.15) is 0 Å². The number of aryl methyl sites for hydroxylation is 1. The lowest BCUT2D eigenvalue weighted by Gasteiger charge is -2.00. The number of rotatable bonds is 2. The molecule has 2 aromatic heterocycles. The van der Waals surface area contributed by atoms with Gasteiger partial charge in [0.2, 0.25) is 0 Å². The second-order valence-corrected chi connectivity index (χ2v) is 3.49. The Morgan fingerprint density at radius 2 is 2.25 bits per heavy atom. The van der Waals surface area contributed by atoms with Gasteiger partial charge in [-0.25, -0.2) is 0 Å². The summed E-state index contributed by atoms with van der Waals surface area (Å²) in [6.07, 6.45) is 3.22. The number of hydrogen-bond acceptors (Lipinski definition) is 4. The van der Waals surface area contributed by atoms with Crippen LogP contribution in [0.15, 0.2) is 24.5 Å². The number of hydrogen-bond donors (Lipinski definition) is 1. The van der Waals surface area contributed by atoms with Gasteiger partial charge in [-0.2, -0.15) is 5.10 Å². The maximum absolute atomic E-state index is 11.6. The average Bonchev–Trinajstić information content (AvgIpc) is 2.65. The number of carbonyl (C=O) groups is 1. The van der Waals surface area contributed by atoms with Crippen molar-refractivity contribution in [2.45, 2.75) is 0 Å². The lowest BCUT2D eigenvalue weighted by atomic mass is 10.3. The van der Waals surface area contributed by atoms with Gasteiger partial charge in [0, 0.05) is 13.2 Å². The van der Waals surface area contributed by atoms with Crippen LogP contribution in [0.3, 0.4) is 0 Å². The van der Waals surface area contributed by atoms with E-state index in [1.807, 2.05) is 0 Å². The standard InChI is InChI=1S/C9H8ClN5O/c1-15-5-6(4-11-15)12-9(16)7-2-3-8(10)14-13-7/h2-5H,1H3,(H,12,16). The SMILES string of the molecule is Cn1cc(NC(=O)c2ccc(Cl)nn2)cn1. The molecule has 0 saturated heterocycles. The molecule has 0 bridgehead atoms. The first-order valence-electron chi connectivity index (χ1n) is 4.44. The van der Waals surface area contributed by atoms with Gasteiger partial charge in [0.25, 0.3) is 5.91 Å². The molecule has 1 N–H and O–H groups in total. The Balaban J connectivity index is 2.11. The summed E-state index contributed by atoms with van der Waals surface area (Å²) in [4.78, 5) is 11.6. The summed E-state index contributed by atoms with van der Waals surface area (Å²) < 4.78 is 1.59. The van der Waals surface area contributed by atoms with Crippen LogP contribution in [0.2, 0.25) is 5.15 Å². The van der Waals surface area contributed by atoms with Crippen LogP contribution >= 0.6 is 11.6 Å². The van der Waals surface area contributed by atoms with Crippen molar-refractivity contribution in [3.05, 3.63) is 35.4 Å². The van der Waals surface area contributed by atoms with Crippen molar-refractivity contribution in [2.75, 3.05) is 5.32 Å². The minimum absolute atomic E-state index is 0.202. The Kier molecular flexibility index (Phi) is 2.82. The molecule has 0 aromatic carbocycles. The fourth-order valence-electron chi connectivity index (χ4n) is 1.12. The highest BCUT2D eigenvalue weighted by atomic mass is 35.5. The topological polar surface area (TPSA) is 72.7 Å². The van der Waals surface area contributed by atoms with Crippen LogP contribution in [-0.2, 0) is 7.05 Å². The van der Waals surface area contributed by atoms with Crippen LogP contribution < -0.4 is 5.32 Å². The fraction of sp³-hybridized carbons (Fsp3) is 0.111. The number of anilines is 1. The zero-order valence-corrected chi connectivity index (χ0v) is 9.14. The Labute approximate surface area is 96.2 Å². The summed E-state index contributed by atoms with van der Waals surface area (Å²) in [7, 11) is 1.76. The Morgan fingerprint density at radius 1 is 1.44 bits per heavy atom. The molecule has 0 unspecified atom stereocenters. The van der Waals surface area contributed by atoms with E-state index in [1.54, 1.807) is 24.1 Å². The first kappa shape index (κ1) is 10.6. The molecular formula is C9H8ClN5O. The van der Waals surface area contributed by atoms with Crippen LogP contribution in [-0.4, -0.2) is 25.9 Å². The van der Waals surface area contributed by atoms with Gasteiger partial charge in [0.05, 0.1) is 11.9 Å². The van der Waals surface area contributed by atoms with Gasteiger partial charge in [-0.3, -0.25) is 9.48 Å². The lowest BCUT2D eigenvalue weighted by molar-refractivity contribution is 0.102. The molecule has 0 aliphatic heterocycles. The summed E-state index contributed by atoms with van der Waals surface area (Å²) in [6.45, 7) is 0. The molecule has 7 heteroatoms. The van der Waals surface area contributed by atoms with Crippen LogP contribution in [0.1, 0.15) is 10.5 Å². The van der Waals surface area contributed by atoms with E-state index in [1.165, 1.54) is 12.1 Å². The first-order chi connectivity index (χ1) is 7.65. The first-order valence-corrected chi connectivity index (χ1v) is 4.82. The predicted octanol–water partition coefficient (Wildman–Crippen LogP) is 1.12. The molecule has 2 aromatic rings. The summed E-state index contributed by atoms with van der Waals surface area (Å²) >= 11 is 5.56. The molecule has 16 heavy (non-hydrogen) atoms. The van der Waals surface area contributed by atoms with Crippen molar-refractivity contribution in [2.24, 2.45) is 7.05 Å². The number of carbonyl (C=O) groups excluding carboxylic acids is 1. The van der Waals surface area contributed by atoms with Gasteiger partial charge in [-0.15, -0.1) is 10.2 Å². The molecule has 0 saturated carbocycles. The molecule has 2 heterocycles. The molecule has 0 aliphatic rings. The Hall–Kier alpha value is -1.95. The minimum atomic E-state index is -0.350. The normalized spacial score (nSPS) is 10.1. The molecule has 82 valence electrons. The number of nitrogens with one attached hydrogen (secondary N) is 1. The van der Waals surface area contributed by atoms with Gasteiger partial charge < -0.3 is 5.32 Å². The minimum Gasteiger partial charge on any atom is -0.318 e. The molecule has 0 radical (unpaired) electrons. The van der Waals surface area contributed by atoms with E-state index in [0.717, 1.165) is 0 Å². The number of nitrogens with zero attached hydrogens (tertiary/aromatic N) is 4. The molecule has 0 atom stereocenters. The third-order valence-electron chi connectivity index (χ3n) is 1.83. The molecule has 0 aliphatic carbocycles. The summed E-state index contributed by atoms with van der Waals surface area (Å²) in [5.74, 6) is -0.350. The van der Waals surface area contributed by atoms with E-state index >= 15 is 0 Å². The van der Waals surface area contributed by atoms with Crippen molar-refractivity contribution in [1.82, 2.24) is 20.0 Å². The van der Waals surface area contributed by atoms with E-state index in [-0.39, 0.29) is 16.8 Å². The molecule has 0 spiro atoms. The van der Waals surface area contributed by atoms with Crippen molar-refractivity contribution in [3.63, 3.8) is 0 Å². The summed E-state index contributed by atoms with van der Waals surface area (Å²) in [5, 5.41) is 14.0. The number of amides is 1. The molecule has 2 rings (SSSR count). The Bertz CT molecular complexity index is 507. The largest absolute Gasteiger partial charge is 0.318 e. The van der Waals surface area contributed by atoms with E-state index in [2.05, 4.69) is 20.6 Å². The molecule has 0 fully saturated rings. The van der Waals surface area contributed by atoms with Crippen molar-refractivity contribution in [3.8, 4) is 0 Å². The average molecular weight is 238 g/mol. The van der Waals surface area contributed by atoms with Crippen molar-refractivity contribution in [1.29, 1.82) is 0 Å². The van der Waals surface area contributed by atoms with Gasteiger partial charge in [-0.05, 0) is 12.1 Å². The third-order valence-corrected chi connectivity index (χ3v) is 2.03. The Morgan fingerprint density at radius 3 is 2.81 bits per heavy atom. The highest BCUT2D eigenvalue weighted by Gasteiger charge is 2.08. The number of aromatic nitrogens is 4. The van der Waals surface area contributed by atoms with Crippen molar-refractivity contribution < 1.29 is 4.79 Å². The van der Waals surface area contributed by atoms with Gasteiger partial charge >= 0.3 is 0 Å². The lowest BCUT2D eigenvalue weighted by Crippen LogP contribution is -2.13. The summed E-state index contributed by atoms with van der Waals surface area (Å²) in [5.41, 5.74) is 0.803. The smallest absolute Gasteiger partial charge is 0.276 e. The fourth-order valence-corrected chi connectivity index (χ4v) is 1.22. The van der Waals surface area contributed by atoms with Crippen LogP contribution in [0.25, 0.3) is 0 Å². The van der Waals surface area contributed by atoms with Gasteiger partial charge in [-0.1, -0.05) is 11.6 Å². The van der Waals surface area contributed by atoms with E-state index in [9.17, 15) is 4.79 Å². The second-order valence-electron chi connectivity index (χ2n) is 3.10. The third kappa shape index (κ3) is 2.34. The highest BCUT2D eigenvalue weighted by Crippen LogP contribution is 2.07. The highest BCUT2D eigenvalue weighted by molar-refractivity contribution is 6.29. The quantitative estimate of drug-likeness (QED) is 0.849. The zero-order valence-electron chi connectivity index (χ0n) is 8.38. The maximum atomic E-state index is 11.6. The summed E-state index contributed by atoms with van der Waals surface area (Å²) in [6, 6.07) is 3.01. The van der Waals surface area contributed by atoms with Crippen LogP contribution in [0.4, 0.5) is 5.69 Å². The van der Waals surface area contributed by atoms with Crippen LogP contribution in [0.5, 0.6) is 0 Å². The maximum Gasteiger partial charge on any atom is 0.276 e. The van der Waals surface area contributed by atoms with Crippen LogP contribution in [0, 0.1) is 0 Å². The van der Waals surface area contributed by atoms with E-state index in [0.29, 0.717) is 5.69 Å². The monoisotopic (exact) mass is 237 g/mol. The van der Waals surface area contributed by atoms with E-state index in [4.69, 9.17) is 11.6 Å². The zero-order chi connectivity index (χ0) is 11.5. The predicted molar refractivity (Wildman–Crippen MR) is 58.2 cm³/mol. The molecular weight excluding hydrogens is 230 g/mol. The van der Waals surface area contributed by atoms with E-state index < -0.39 is 0 Å². The van der Waals surface area contributed by atoms with Gasteiger partial charge in [0.15, 0.2) is 10.8 Å². The number of halogens is 1. The molecule has 6 nitrogen and oxygen atoms in total.